The van der Waals surface area contributed by atoms with Gasteiger partial charge in [0, 0.05) is 12.0 Å². The van der Waals surface area contributed by atoms with Crippen LogP contribution in [0.2, 0.25) is 0 Å². The molecule has 0 saturated heterocycles. The van der Waals surface area contributed by atoms with Crippen LogP contribution in [-0.4, -0.2) is 17.7 Å². The van der Waals surface area contributed by atoms with Gasteiger partial charge >= 0.3 is 0 Å². The molecule has 2 nitrogen and oxygen atoms in total. The Bertz CT molecular complexity index is 594. The number of nitrogens with one attached hydrogen (secondary N) is 1. The lowest BCUT2D eigenvalue weighted by molar-refractivity contribution is 0.416. The van der Waals surface area contributed by atoms with Crippen molar-refractivity contribution < 1.29 is 5.11 Å². The predicted octanol–water partition coefficient (Wildman–Crippen LogP) is 3.84. The Labute approximate surface area is 126 Å². The van der Waals surface area contributed by atoms with Crippen molar-refractivity contribution in [3.63, 3.8) is 0 Å². The van der Waals surface area contributed by atoms with Crippen molar-refractivity contribution in [2.24, 2.45) is 0 Å². The van der Waals surface area contributed by atoms with Gasteiger partial charge in [0.1, 0.15) is 5.75 Å². The fourth-order valence-corrected chi connectivity index (χ4v) is 3.42. The van der Waals surface area contributed by atoms with E-state index in [2.05, 4.69) is 48.6 Å². The van der Waals surface area contributed by atoms with Gasteiger partial charge in [-0.05, 0) is 54.6 Å². The zero-order valence-electron chi connectivity index (χ0n) is 12.5. The van der Waals surface area contributed by atoms with Crippen LogP contribution < -0.4 is 5.32 Å². The summed E-state index contributed by atoms with van der Waals surface area (Å²) in [6.07, 6.45) is 3.38. The Morgan fingerprint density at radius 1 is 1.14 bits per heavy atom. The van der Waals surface area contributed by atoms with Crippen molar-refractivity contribution in [3.05, 3.63) is 65.2 Å². The molecule has 0 spiro atoms. The normalized spacial score (nSPS) is 21.0. The van der Waals surface area contributed by atoms with Crippen molar-refractivity contribution >= 4 is 0 Å². The van der Waals surface area contributed by atoms with Gasteiger partial charge in [-0.3, -0.25) is 0 Å². The first-order valence-corrected chi connectivity index (χ1v) is 7.89. The number of hydrogen-bond acceptors (Lipinski definition) is 2. The molecule has 2 heteroatoms. The van der Waals surface area contributed by atoms with Crippen molar-refractivity contribution in [2.75, 3.05) is 6.54 Å². The Morgan fingerprint density at radius 3 is 2.71 bits per heavy atom. The Kier molecular flexibility index (Phi) is 4.26. The van der Waals surface area contributed by atoms with E-state index in [-0.39, 0.29) is 0 Å². The molecule has 0 aromatic heterocycles. The summed E-state index contributed by atoms with van der Waals surface area (Å²) in [6.45, 7) is 3.25. The van der Waals surface area contributed by atoms with Crippen LogP contribution in [0.5, 0.6) is 5.75 Å². The smallest absolute Gasteiger partial charge is 0.115 e. The van der Waals surface area contributed by atoms with E-state index in [1.165, 1.54) is 16.7 Å². The van der Waals surface area contributed by atoms with Crippen LogP contribution in [0.25, 0.3) is 0 Å². The average Bonchev–Trinajstić information content (AvgIpc) is 2.53. The number of rotatable bonds is 4. The van der Waals surface area contributed by atoms with E-state index in [4.69, 9.17) is 0 Å². The monoisotopic (exact) mass is 281 g/mol. The highest BCUT2D eigenvalue weighted by molar-refractivity contribution is 5.45. The van der Waals surface area contributed by atoms with Crippen LogP contribution >= 0.6 is 0 Å². The minimum absolute atomic E-state index is 0.327. The third-order valence-corrected chi connectivity index (χ3v) is 4.41. The third kappa shape index (κ3) is 2.96. The third-order valence-electron chi connectivity index (χ3n) is 4.41. The summed E-state index contributed by atoms with van der Waals surface area (Å²) in [5.41, 5.74) is 3.98. The summed E-state index contributed by atoms with van der Waals surface area (Å²) >= 11 is 0. The standard InChI is InChI=1S/C19H23NO/c1-2-12-20-18-11-9-14-8-10-16(21)13-17(14)19(18)15-6-4-3-5-7-15/h3-8,10,13,18-21H,2,9,11-12H2,1H3. The molecule has 2 unspecified atom stereocenters. The number of benzene rings is 2. The average molecular weight is 281 g/mol. The molecular weight excluding hydrogens is 258 g/mol. The molecule has 2 atom stereocenters. The summed E-state index contributed by atoms with van der Waals surface area (Å²) in [4.78, 5) is 0. The van der Waals surface area contributed by atoms with Gasteiger partial charge in [-0.15, -0.1) is 0 Å². The van der Waals surface area contributed by atoms with E-state index >= 15 is 0 Å². The SMILES string of the molecule is CCCNC1CCc2ccc(O)cc2C1c1ccccc1. The maximum absolute atomic E-state index is 9.89. The van der Waals surface area contributed by atoms with Crippen molar-refractivity contribution in [1.29, 1.82) is 0 Å². The molecule has 21 heavy (non-hydrogen) atoms. The quantitative estimate of drug-likeness (QED) is 0.892. The van der Waals surface area contributed by atoms with E-state index in [1.54, 1.807) is 6.07 Å². The van der Waals surface area contributed by atoms with Crippen LogP contribution in [0, 0.1) is 0 Å². The lowest BCUT2D eigenvalue weighted by Gasteiger charge is -2.35. The molecule has 0 fully saturated rings. The minimum atomic E-state index is 0.327. The minimum Gasteiger partial charge on any atom is -0.508 e. The molecule has 1 aliphatic rings. The van der Waals surface area contributed by atoms with E-state index in [0.717, 1.165) is 25.8 Å². The lowest BCUT2D eigenvalue weighted by atomic mass is 9.75. The van der Waals surface area contributed by atoms with Gasteiger partial charge in [0.15, 0.2) is 0 Å². The zero-order valence-corrected chi connectivity index (χ0v) is 12.5. The molecule has 0 amide bonds. The summed E-state index contributed by atoms with van der Waals surface area (Å²) in [7, 11) is 0. The Balaban J connectivity index is 2.02. The number of fused-ring (bicyclic) bond motifs is 1. The van der Waals surface area contributed by atoms with E-state index < -0.39 is 0 Å². The molecule has 0 heterocycles. The molecule has 2 aromatic rings. The molecule has 110 valence electrons. The number of phenols is 1. The first kappa shape index (κ1) is 14.2. The molecule has 2 N–H and O–H groups in total. The number of phenolic OH excluding ortho intramolecular Hbond substituents is 1. The number of aromatic hydroxyl groups is 1. The zero-order chi connectivity index (χ0) is 14.7. The van der Waals surface area contributed by atoms with Crippen LogP contribution in [0.4, 0.5) is 0 Å². The van der Waals surface area contributed by atoms with Gasteiger partial charge in [-0.25, -0.2) is 0 Å². The molecule has 2 aromatic carbocycles. The first-order chi connectivity index (χ1) is 10.3. The van der Waals surface area contributed by atoms with Gasteiger partial charge < -0.3 is 10.4 Å². The maximum atomic E-state index is 9.89. The molecule has 0 saturated carbocycles. The summed E-state index contributed by atoms with van der Waals surface area (Å²) in [5, 5.41) is 13.6. The van der Waals surface area contributed by atoms with Gasteiger partial charge in [-0.2, -0.15) is 0 Å². The van der Waals surface area contributed by atoms with Gasteiger partial charge in [0.25, 0.3) is 0 Å². The Hall–Kier alpha value is -1.80. The van der Waals surface area contributed by atoms with Crippen molar-refractivity contribution in [3.8, 4) is 5.75 Å². The van der Waals surface area contributed by atoms with Crippen molar-refractivity contribution in [1.82, 2.24) is 5.32 Å². The van der Waals surface area contributed by atoms with E-state index in [1.807, 2.05) is 6.07 Å². The molecule has 0 radical (unpaired) electrons. The first-order valence-electron chi connectivity index (χ1n) is 7.89. The van der Waals surface area contributed by atoms with E-state index in [9.17, 15) is 5.11 Å². The molecule has 1 aliphatic carbocycles. The second kappa shape index (κ2) is 6.31. The largest absolute Gasteiger partial charge is 0.508 e. The summed E-state index contributed by atoms with van der Waals surface area (Å²) in [6, 6.07) is 16.9. The van der Waals surface area contributed by atoms with Gasteiger partial charge in [-0.1, -0.05) is 43.3 Å². The number of aryl methyl sites for hydroxylation is 1. The summed E-state index contributed by atoms with van der Waals surface area (Å²) in [5.74, 6) is 0.694. The van der Waals surface area contributed by atoms with Crippen LogP contribution in [0.1, 0.15) is 42.4 Å². The second-order valence-corrected chi connectivity index (χ2v) is 5.87. The number of hydrogen-bond donors (Lipinski definition) is 2. The topological polar surface area (TPSA) is 32.3 Å². The highest BCUT2D eigenvalue weighted by Crippen LogP contribution is 2.38. The van der Waals surface area contributed by atoms with Crippen molar-refractivity contribution in [2.45, 2.75) is 38.1 Å². The van der Waals surface area contributed by atoms with E-state index in [0.29, 0.717) is 17.7 Å². The molecular formula is C19H23NO. The van der Waals surface area contributed by atoms with Crippen LogP contribution in [0.15, 0.2) is 48.5 Å². The molecule has 0 aliphatic heterocycles. The fraction of sp³-hybridized carbons (Fsp3) is 0.368. The Morgan fingerprint density at radius 2 is 1.95 bits per heavy atom. The second-order valence-electron chi connectivity index (χ2n) is 5.87. The maximum Gasteiger partial charge on any atom is 0.115 e. The molecule has 3 rings (SSSR count). The summed E-state index contributed by atoms with van der Waals surface area (Å²) < 4.78 is 0. The van der Waals surface area contributed by atoms with Gasteiger partial charge in [0.2, 0.25) is 0 Å². The highest BCUT2D eigenvalue weighted by atomic mass is 16.3. The van der Waals surface area contributed by atoms with Crippen LogP contribution in [0.3, 0.4) is 0 Å². The fourth-order valence-electron chi connectivity index (χ4n) is 3.42. The highest BCUT2D eigenvalue weighted by Gasteiger charge is 2.30. The lowest BCUT2D eigenvalue weighted by Crippen LogP contribution is -2.39. The van der Waals surface area contributed by atoms with Gasteiger partial charge in [0.05, 0.1) is 0 Å². The predicted molar refractivity (Wildman–Crippen MR) is 86.8 cm³/mol. The molecule has 0 bridgehead atoms. The van der Waals surface area contributed by atoms with Crippen LogP contribution in [-0.2, 0) is 6.42 Å².